The van der Waals surface area contributed by atoms with Crippen LogP contribution in [0.4, 0.5) is 4.39 Å². The molecular formula is C13H15ClFN3. The van der Waals surface area contributed by atoms with E-state index in [4.69, 9.17) is 11.6 Å². The summed E-state index contributed by atoms with van der Waals surface area (Å²) in [6.07, 6.45) is 1.57. The third-order valence-corrected chi connectivity index (χ3v) is 3.13. The Balaban J connectivity index is 2.50. The minimum atomic E-state index is -0.295. The van der Waals surface area contributed by atoms with Gasteiger partial charge in [-0.05, 0) is 12.6 Å². The molecule has 1 unspecified atom stereocenters. The first-order chi connectivity index (χ1) is 8.65. The van der Waals surface area contributed by atoms with Gasteiger partial charge in [-0.3, -0.25) is 4.68 Å². The second-order valence-electron chi connectivity index (χ2n) is 4.01. The molecule has 1 N–H and O–H groups in total. The second-order valence-corrected chi connectivity index (χ2v) is 4.42. The van der Waals surface area contributed by atoms with Gasteiger partial charge in [-0.25, -0.2) is 4.39 Å². The average molecular weight is 268 g/mol. The van der Waals surface area contributed by atoms with Gasteiger partial charge in [0.1, 0.15) is 5.82 Å². The van der Waals surface area contributed by atoms with Crippen molar-refractivity contribution in [3.63, 3.8) is 0 Å². The van der Waals surface area contributed by atoms with Gasteiger partial charge in [0.25, 0.3) is 0 Å². The summed E-state index contributed by atoms with van der Waals surface area (Å²) in [7, 11) is 1.80. The largest absolute Gasteiger partial charge is 0.305 e. The van der Waals surface area contributed by atoms with Gasteiger partial charge in [-0.2, -0.15) is 5.10 Å². The van der Waals surface area contributed by atoms with Gasteiger partial charge in [0.15, 0.2) is 0 Å². The standard InChI is InChI=1S/C13H15ClFN3/c1-3-16-12(9-6-4-5-7-11(9)15)13-10(14)8-17-18(13)2/h4-8,12,16H,3H2,1-2H3. The molecule has 0 fully saturated rings. The van der Waals surface area contributed by atoms with E-state index in [0.717, 1.165) is 5.69 Å². The summed E-state index contributed by atoms with van der Waals surface area (Å²) in [5, 5.41) is 7.87. The number of aromatic nitrogens is 2. The fourth-order valence-corrected chi connectivity index (χ4v) is 2.29. The summed E-state index contributed by atoms with van der Waals surface area (Å²) in [5.41, 5.74) is 1.34. The fraction of sp³-hybridized carbons (Fsp3) is 0.308. The first kappa shape index (κ1) is 13.1. The third kappa shape index (κ3) is 2.40. The smallest absolute Gasteiger partial charge is 0.128 e. The molecule has 0 radical (unpaired) electrons. The van der Waals surface area contributed by atoms with Gasteiger partial charge in [0, 0.05) is 12.6 Å². The van der Waals surface area contributed by atoms with E-state index in [1.165, 1.54) is 6.07 Å². The molecule has 1 aromatic carbocycles. The highest BCUT2D eigenvalue weighted by Gasteiger charge is 2.22. The number of nitrogens with one attached hydrogen (secondary N) is 1. The molecule has 96 valence electrons. The Labute approximate surface area is 111 Å². The van der Waals surface area contributed by atoms with Gasteiger partial charge >= 0.3 is 0 Å². The lowest BCUT2D eigenvalue weighted by Crippen LogP contribution is -2.25. The molecule has 2 aromatic rings. The van der Waals surface area contributed by atoms with Gasteiger partial charge in [-0.15, -0.1) is 0 Å². The maximum absolute atomic E-state index is 13.9. The zero-order chi connectivity index (χ0) is 13.1. The van der Waals surface area contributed by atoms with Crippen LogP contribution in [0.5, 0.6) is 0 Å². The number of hydrogen-bond donors (Lipinski definition) is 1. The lowest BCUT2D eigenvalue weighted by molar-refractivity contribution is 0.532. The highest BCUT2D eigenvalue weighted by molar-refractivity contribution is 6.31. The Morgan fingerprint density at radius 2 is 2.17 bits per heavy atom. The van der Waals surface area contributed by atoms with E-state index in [0.29, 0.717) is 17.1 Å². The average Bonchev–Trinajstić information content (AvgIpc) is 2.68. The van der Waals surface area contributed by atoms with E-state index in [9.17, 15) is 4.39 Å². The molecule has 0 amide bonds. The van der Waals surface area contributed by atoms with E-state index in [2.05, 4.69) is 10.4 Å². The first-order valence-corrected chi connectivity index (χ1v) is 6.18. The van der Waals surface area contributed by atoms with E-state index in [1.807, 2.05) is 13.0 Å². The summed E-state index contributed by atoms with van der Waals surface area (Å²) >= 11 is 6.13. The lowest BCUT2D eigenvalue weighted by atomic mass is 10.0. The second kappa shape index (κ2) is 5.50. The predicted octanol–water partition coefficient (Wildman–Crippen LogP) is 2.91. The fourth-order valence-electron chi connectivity index (χ4n) is 2.01. The summed E-state index contributed by atoms with van der Waals surface area (Å²) in [5.74, 6) is -0.249. The van der Waals surface area contributed by atoms with Crippen LogP contribution in [0.2, 0.25) is 5.02 Å². The number of halogens is 2. The number of benzene rings is 1. The number of aryl methyl sites for hydroxylation is 1. The summed E-state index contributed by atoms with van der Waals surface area (Å²) < 4.78 is 15.6. The lowest BCUT2D eigenvalue weighted by Gasteiger charge is -2.19. The van der Waals surface area contributed by atoms with Crippen molar-refractivity contribution in [1.82, 2.24) is 15.1 Å². The third-order valence-electron chi connectivity index (χ3n) is 2.84. The molecule has 18 heavy (non-hydrogen) atoms. The maximum atomic E-state index is 13.9. The molecule has 0 bridgehead atoms. The zero-order valence-electron chi connectivity index (χ0n) is 10.3. The van der Waals surface area contributed by atoms with Crippen LogP contribution in [0.1, 0.15) is 24.2 Å². The van der Waals surface area contributed by atoms with Crippen molar-refractivity contribution in [3.8, 4) is 0 Å². The van der Waals surface area contributed by atoms with Crippen LogP contribution in [0.25, 0.3) is 0 Å². The Bertz CT molecular complexity index is 519. The van der Waals surface area contributed by atoms with Crippen LogP contribution >= 0.6 is 11.6 Å². The van der Waals surface area contributed by atoms with Gasteiger partial charge in [0.05, 0.1) is 23.0 Å². The molecule has 1 atom stereocenters. The maximum Gasteiger partial charge on any atom is 0.128 e. The molecule has 0 saturated carbocycles. The van der Waals surface area contributed by atoms with Crippen molar-refractivity contribution in [2.24, 2.45) is 7.05 Å². The predicted molar refractivity (Wildman–Crippen MR) is 70.1 cm³/mol. The highest BCUT2D eigenvalue weighted by atomic mass is 35.5. The van der Waals surface area contributed by atoms with Crippen molar-refractivity contribution in [2.75, 3.05) is 6.54 Å². The molecule has 5 heteroatoms. The quantitative estimate of drug-likeness (QED) is 0.923. The van der Waals surface area contributed by atoms with Crippen molar-refractivity contribution >= 4 is 11.6 Å². The molecule has 1 heterocycles. The molecule has 3 nitrogen and oxygen atoms in total. The number of rotatable bonds is 4. The Hall–Kier alpha value is -1.39. The molecule has 0 spiro atoms. The van der Waals surface area contributed by atoms with Crippen LogP contribution in [-0.2, 0) is 7.05 Å². The molecule has 2 rings (SSSR count). The van der Waals surface area contributed by atoms with Gasteiger partial charge in [0.2, 0.25) is 0 Å². The van der Waals surface area contributed by atoms with Crippen LogP contribution in [-0.4, -0.2) is 16.3 Å². The normalized spacial score (nSPS) is 12.7. The zero-order valence-corrected chi connectivity index (χ0v) is 11.1. The monoisotopic (exact) mass is 267 g/mol. The van der Waals surface area contributed by atoms with E-state index >= 15 is 0 Å². The summed E-state index contributed by atoms with van der Waals surface area (Å²) in [6.45, 7) is 2.68. The van der Waals surface area contributed by atoms with Crippen molar-refractivity contribution in [2.45, 2.75) is 13.0 Å². The molecular weight excluding hydrogens is 253 g/mol. The van der Waals surface area contributed by atoms with Crippen molar-refractivity contribution in [3.05, 3.63) is 52.6 Å². The van der Waals surface area contributed by atoms with Crippen LogP contribution in [0, 0.1) is 5.82 Å². The van der Waals surface area contributed by atoms with Crippen molar-refractivity contribution < 1.29 is 4.39 Å². The van der Waals surface area contributed by atoms with Crippen LogP contribution in [0.3, 0.4) is 0 Å². The van der Waals surface area contributed by atoms with Crippen molar-refractivity contribution in [1.29, 1.82) is 0 Å². The SMILES string of the molecule is CCNC(c1ccccc1F)c1c(Cl)cnn1C. The number of hydrogen-bond acceptors (Lipinski definition) is 2. The Morgan fingerprint density at radius 3 is 2.72 bits per heavy atom. The van der Waals surface area contributed by atoms with E-state index in [1.54, 1.807) is 30.1 Å². The van der Waals surface area contributed by atoms with Crippen LogP contribution in [0.15, 0.2) is 30.5 Å². The Kier molecular flexibility index (Phi) is 3.99. The molecule has 1 aromatic heterocycles. The molecule has 0 aliphatic heterocycles. The number of nitrogens with zero attached hydrogens (tertiary/aromatic N) is 2. The highest BCUT2D eigenvalue weighted by Crippen LogP contribution is 2.29. The van der Waals surface area contributed by atoms with Gasteiger partial charge < -0.3 is 5.32 Å². The summed E-state index contributed by atoms with van der Waals surface area (Å²) in [4.78, 5) is 0. The Morgan fingerprint density at radius 1 is 1.44 bits per heavy atom. The summed E-state index contributed by atoms with van der Waals surface area (Å²) in [6, 6.07) is 6.39. The minimum Gasteiger partial charge on any atom is -0.305 e. The van der Waals surface area contributed by atoms with Crippen LogP contribution < -0.4 is 5.32 Å². The molecule has 0 aliphatic rings. The molecule has 0 aliphatic carbocycles. The van der Waals surface area contributed by atoms with E-state index < -0.39 is 0 Å². The first-order valence-electron chi connectivity index (χ1n) is 5.80. The minimum absolute atomic E-state index is 0.249. The van der Waals surface area contributed by atoms with E-state index in [-0.39, 0.29) is 11.9 Å². The topological polar surface area (TPSA) is 29.9 Å². The van der Waals surface area contributed by atoms with Gasteiger partial charge in [-0.1, -0.05) is 36.7 Å². The molecule has 0 saturated heterocycles.